The summed E-state index contributed by atoms with van der Waals surface area (Å²) in [5, 5.41) is 5.84. The molecule has 24 heavy (non-hydrogen) atoms. The zero-order valence-electron chi connectivity index (χ0n) is 14.0. The van der Waals surface area contributed by atoms with Crippen molar-refractivity contribution in [3.8, 4) is 0 Å². The summed E-state index contributed by atoms with van der Waals surface area (Å²) >= 11 is 0. The van der Waals surface area contributed by atoms with Crippen LogP contribution in [-0.2, 0) is 11.3 Å². The number of nitrogens with one attached hydrogen (secondary N) is 2. The van der Waals surface area contributed by atoms with Crippen LogP contribution in [0.4, 0.5) is 5.69 Å². The third kappa shape index (κ3) is 5.20. The van der Waals surface area contributed by atoms with Gasteiger partial charge in [0.05, 0.1) is 6.33 Å². The number of imidazole rings is 1. The van der Waals surface area contributed by atoms with Gasteiger partial charge in [-0.3, -0.25) is 9.59 Å². The average Bonchev–Trinajstić information content (AvgIpc) is 3.11. The van der Waals surface area contributed by atoms with Crippen LogP contribution in [0.2, 0.25) is 0 Å². The number of anilines is 1. The molecule has 128 valence electrons. The maximum Gasteiger partial charge on any atom is 0.253 e. The van der Waals surface area contributed by atoms with E-state index in [0.29, 0.717) is 30.8 Å². The Morgan fingerprint density at radius 1 is 1.33 bits per heavy atom. The van der Waals surface area contributed by atoms with Crippen molar-refractivity contribution in [1.29, 1.82) is 0 Å². The van der Waals surface area contributed by atoms with Gasteiger partial charge < -0.3 is 20.1 Å². The third-order valence-electron chi connectivity index (χ3n) is 3.59. The van der Waals surface area contributed by atoms with E-state index in [1.807, 2.05) is 17.8 Å². The number of aromatic nitrogens is 2. The fourth-order valence-corrected chi connectivity index (χ4v) is 2.20. The zero-order chi connectivity index (χ0) is 17.4. The maximum absolute atomic E-state index is 12.3. The number of amides is 2. The molecule has 0 aliphatic carbocycles. The third-order valence-corrected chi connectivity index (χ3v) is 3.59. The van der Waals surface area contributed by atoms with Crippen LogP contribution in [0.15, 0.2) is 43.0 Å². The lowest BCUT2D eigenvalue weighted by molar-refractivity contribution is -0.116. The van der Waals surface area contributed by atoms with Gasteiger partial charge in [0.25, 0.3) is 5.91 Å². The Kier molecular flexibility index (Phi) is 6.51. The molecule has 0 fully saturated rings. The van der Waals surface area contributed by atoms with Gasteiger partial charge in [-0.25, -0.2) is 4.98 Å². The molecule has 2 N–H and O–H groups in total. The number of hydrogen-bond donors (Lipinski definition) is 2. The van der Waals surface area contributed by atoms with E-state index < -0.39 is 0 Å². The van der Waals surface area contributed by atoms with Crippen molar-refractivity contribution < 1.29 is 9.59 Å². The molecule has 0 saturated carbocycles. The predicted octanol–water partition coefficient (Wildman–Crippen LogP) is 1.20. The van der Waals surface area contributed by atoms with E-state index in [2.05, 4.69) is 15.6 Å². The van der Waals surface area contributed by atoms with Gasteiger partial charge in [-0.05, 0) is 25.2 Å². The van der Waals surface area contributed by atoms with E-state index in [-0.39, 0.29) is 11.8 Å². The number of hydrogen-bond acceptors (Lipinski definition) is 4. The van der Waals surface area contributed by atoms with Crippen LogP contribution in [0.3, 0.4) is 0 Å². The van der Waals surface area contributed by atoms with Gasteiger partial charge in [0.1, 0.15) is 0 Å². The van der Waals surface area contributed by atoms with E-state index in [0.717, 1.165) is 6.54 Å². The minimum absolute atomic E-state index is 0.0697. The molecule has 1 heterocycles. The van der Waals surface area contributed by atoms with Crippen molar-refractivity contribution >= 4 is 17.5 Å². The fourth-order valence-electron chi connectivity index (χ4n) is 2.20. The van der Waals surface area contributed by atoms with Gasteiger partial charge in [0, 0.05) is 56.7 Å². The van der Waals surface area contributed by atoms with Crippen LogP contribution in [0, 0.1) is 0 Å². The van der Waals surface area contributed by atoms with E-state index >= 15 is 0 Å². The summed E-state index contributed by atoms with van der Waals surface area (Å²) < 4.78 is 1.84. The highest BCUT2D eigenvalue weighted by Crippen LogP contribution is 2.13. The largest absolute Gasteiger partial charge is 0.340 e. The highest BCUT2D eigenvalue weighted by Gasteiger charge is 2.12. The normalized spacial score (nSPS) is 10.4. The summed E-state index contributed by atoms with van der Waals surface area (Å²) in [4.78, 5) is 29.9. The average molecular weight is 329 g/mol. The lowest BCUT2D eigenvalue weighted by Crippen LogP contribution is -2.32. The number of carbonyl (C=O) groups is 2. The first-order valence-corrected chi connectivity index (χ1v) is 7.86. The maximum atomic E-state index is 12.3. The zero-order valence-corrected chi connectivity index (χ0v) is 14.0. The summed E-state index contributed by atoms with van der Waals surface area (Å²) in [6.45, 7) is 1.92. The molecule has 2 rings (SSSR count). The second kappa shape index (κ2) is 8.83. The Labute approximate surface area is 141 Å². The van der Waals surface area contributed by atoms with Crippen LogP contribution < -0.4 is 10.6 Å². The molecule has 0 radical (unpaired) electrons. The van der Waals surface area contributed by atoms with Gasteiger partial charge in [-0.1, -0.05) is 6.07 Å². The molecule has 7 heteroatoms. The Morgan fingerprint density at radius 3 is 2.88 bits per heavy atom. The summed E-state index contributed by atoms with van der Waals surface area (Å²) in [5.41, 5.74) is 1.18. The molecule has 2 amide bonds. The Balaban J connectivity index is 1.91. The molecule has 1 aromatic carbocycles. The number of benzene rings is 1. The van der Waals surface area contributed by atoms with E-state index in [9.17, 15) is 9.59 Å². The first-order chi connectivity index (χ1) is 11.6. The number of nitrogens with zero attached hydrogens (tertiary/aromatic N) is 3. The van der Waals surface area contributed by atoms with E-state index in [4.69, 9.17) is 0 Å². The fraction of sp³-hybridized carbons (Fsp3) is 0.353. The molecule has 0 aliphatic rings. The Morgan fingerprint density at radius 2 is 2.17 bits per heavy atom. The summed E-state index contributed by atoms with van der Waals surface area (Å²) in [7, 11) is 3.61. The molecule has 0 atom stereocenters. The van der Waals surface area contributed by atoms with Crippen LogP contribution in [0.1, 0.15) is 16.8 Å². The molecule has 0 saturated heterocycles. The topological polar surface area (TPSA) is 79.3 Å². The van der Waals surface area contributed by atoms with Crippen molar-refractivity contribution in [1.82, 2.24) is 19.8 Å². The van der Waals surface area contributed by atoms with E-state index in [1.54, 1.807) is 48.7 Å². The van der Waals surface area contributed by atoms with Crippen LogP contribution in [-0.4, -0.2) is 53.5 Å². The lowest BCUT2D eigenvalue weighted by atomic mass is 10.1. The van der Waals surface area contributed by atoms with Crippen molar-refractivity contribution in [2.24, 2.45) is 0 Å². The monoisotopic (exact) mass is 329 g/mol. The highest BCUT2D eigenvalue weighted by molar-refractivity contribution is 5.97. The molecule has 1 aromatic heterocycles. The van der Waals surface area contributed by atoms with Gasteiger partial charge in [-0.2, -0.15) is 0 Å². The molecule has 7 nitrogen and oxygen atoms in total. The van der Waals surface area contributed by atoms with Crippen LogP contribution in [0.25, 0.3) is 0 Å². The molecule has 2 aromatic rings. The van der Waals surface area contributed by atoms with Crippen molar-refractivity contribution in [3.63, 3.8) is 0 Å². The second-order valence-corrected chi connectivity index (χ2v) is 5.51. The van der Waals surface area contributed by atoms with Crippen LogP contribution in [0.5, 0.6) is 0 Å². The molecule has 0 bridgehead atoms. The SMILES string of the molecule is CNCCN(C)C(=O)c1cccc(NC(=O)CCn2ccnc2)c1. The van der Waals surface area contributed by atoms with Crippen LogP contribution >= 0.6 is 0 Å². The van der Waals surface area contributed by atoms with Crippen molar-refractivity contribution in [2.45, 2.75) is 13.0 Å². The lowest BCUT2D eigenvalue weighted by Gasteiger charge is -2.17. The molecular weight excluding hydrogens is 306 g/mol. The van der Waals surface area contributed by atoms with Crippen molar-refractivity contribution in [3.05, 3.63) is 48.5 Å². The first kappa shape index (κ1) is 17.7. The summed E-state index contributed by atoms with van der Waals surface area (Å²) in [5.74, 6) is -0.170. The van der Waals surface area contributed by atoms with Gasteiger partial charge in [0.2, 0.25) is 5.91 Å². The minimum atomic E-state index is -0.100. The minimum Gasteiger partial charge on any atom is -0.340 e. The Bertz CT molecular complexity index is 669. The standard InChI is InChI=1S/C17H23N5O2/c1-18-7-10-21(2)17(24)14-4-3-5-15(12-14)20-16(23)6-9-22-11-8-19-13-22/h3-5,8,11-13,18H,6-7,9-10H2,1-2H3,(H,20,23). The Hall–Kier alpha value is -2.67. The number of likely N-dealkylation sites (N-methyl/N-ethyl adjacent to an activating group) is 2. The predicted molar refractivity (Wildman–Crippen MR) is 92.8 cm³/mol. The number of rotatable bonds is 8. The smallest absolute Gasteiger partial charge is 0.253 e. The summed E-state index contributed by atoms with van der Waals surface area (Å²) in [6.07, 6.45) is 5.51. The second-order valence-electron chi connectivity index (χ2n) is 5.51. The van der Waals surface area contributed by atoms with Gasteiger partial charge >= 0.3 is 0 Å². The van der Waals surface area contributed by atoms with Crippen molar-refractivity contribution in [2.75, 3.05) is 32.5 Å². The first-order valence-electron chi connectivity index (χ1n) is 7.86. The number of carbonyl (C=O) groups excluding carboxylic acids is 2. The highest BCUT2D eigenvalue weighted by atomic mass is 16.2. The molecule has 0 spiro atoms. The number of aryl methyl sites for hydroxylation is 1. The molecule has 0 aliphatic heterocycles. The van der Waals surface area contributed by atoms with E-state index in [1.165, 1.54) is 0 Å². The summed E-state index contributed by atoms with van der Waals surface area (Å²) in [6, 6.07) is 7.00. The van der Waals surface area contributed by atoms with Gasteiger partial charge in [0.15, 0.2) is 0 Å². The molecule has 0 unspecified atom stereocenters. The molecular formula is C17H23N5O2. The van der Waals surface area contributed by atoms with Gasteiger partial charge in [-0.15, -0.1) is 0 Å². The quantitative estimate of drug-likeness (QED) is 0.763.